The third-order valence-electron chi connectivity index (χ3n) is 4.51. The fourth-order valence-electron chi connectivity index (χ4n) is 3.07. The molecule has 0 radical (unpaired) electrons. The number of rotatable bonds is 2. The Bertz CT molecular complexity index is 1010. The van der Waals surface area contributed by atoms with Gasteiger partial charge in [-0.1, -0.05) is 41.5 Å². The number of hydrogen-bond acceptors (Lipinski definition) is 3. The van der Waals surface area contributed by atoms with Gasteiger partial charge in [-0.3, -0.25) is 0 Å². The van der Waals surface area contributed by atoms with Gasteiger partial charge in [-0.15, -0.1) is 0 Å². The monoisotopic (exact) mass is 327 g/mol. The summed E-state index contributed by atoms with van der Waals surface area (Å²) in [5.41, 5.74) is 14.8. The number of nitrogens with zero attached hydrogens (tertiary/aromatic N) is 2. The first-order valence-corrected chi connectivity index (χ1v) is 8.26. The van der Waals surface area contributed by atoms with Crippen LogP contribution in [0, 0.1) is 39.0 Å². The zero-order valence-electron chi connectivity index (χ0n) is 15.0. The molecule has 0 spiro atoms. The van der Waals surface area contributed by atoms with Gasteiger partial charge in [0, 0.05) is 11.1 Å². The first kappa shape index (κ1) is 16.7. The lowest BCUT2D eigenvalue weighted by molar-refractivity contribution is 1.28. The molecule has 0 unspecified atom stereocenters. The average molecular weight is 327 g/mol. The van der Waals surface area contributed by atoms with Crippen LogP contribution in [-0.4, -0.2) is 4.98 Å². The van der Waals surface area contributed by atoms with Crippen LogP contribution in [0.1, 0.15) is 27.8 Å². The normalized spacial score (nSPS) is 10.5. The fraction of sp³-hybridized carbons (Fsp3) is 0.182. The van der Waals surface area contributed by atoms with E-state index in [-0.39, 0.29) is 5.82 Å². The summed E-state index contributed by atoms with van der Waals surface area (Å²) >= 11 is 0. The molecule has 2 aromatic carbocycles. The van der Waals surface area contributed by atoms with Crippen LogP contribution in [0.5, 0.6) is 0 Å². The van der Waals surface area contributed by atoms with Gasteiger partial charge in [0.05, 0.1) is 5.69 Å². The van der Waals surface area contributed by atoms with E-state index in [4.69, 9.17) is 5.73 Å². The topological polar surface area (TPSA) is 62.7 Å². The van der Waals surface area contributed by atoms with Gasteiger partial charge >= 0.3 is 0 Å². The molecule has 0 aliphatic rings. The molecule has 0 aliphatic carbocycles. The second kappa shape index (κ2) is 6.41. The van der Waals surface area contributed by atoms with Gasteiger partial charge in [0.1, 0.15) is 17.5 Å². The maximum atomic E-state index is 9.61. The van der Waals surface area contributed by atoms with Crippen molar-refractivity contribution in [2.75, 3.05) is 5.73 Å². The molecule has 0 bridgehead atoms. The molecule has 0 saturated carbocycles. The molecule has 1 heterocycles. The van der Waals surface area contributed by atoms with E-state index in [1.807, 2.05) is 19.9 Å². The number of nitrogen functional groups attached to an aromatic ring is 1. The number of nitrogens with two attached hydrogens (primary N) is 1. The lowest BCUT2D eigenvalue weighted by atomic mass is 9.93. The number of aromatic nitrogens is 1. The van der Waals surface area contributed by atoms with E-state index in [1.165, 1.54) is 5.56 Å². The Hall–Kier alpha value is -3.12. The largest absolute Gasteiger partial charge is 0.383 e. The summed E-state index contributed by atoms with van der Waals surface area (Å²) in [5, 5.41) is 9.61. The predicted octanol–water partition coefficient (Wildman–Crippen LogP) is 5.10. The number of pyridine rings is 1. The molecule has 124 valence electrons. The third kappa shape index (κ3) is 3.12. The highest BCUT2D eigenvalue weighted by molar-refractivity contribution is 5.82. The Labute approximate surface area is 148 Å². The Morgan fingerprint density at radius 2 is 1.36 bits per heavy atom. The molecule has 1 aromatic heterocycles. The lowest BCUT2D eigenvalue weighted by Crippen LogP contribution is -2.01. The first-order valence-electron chi connectivity index (χ1n) is 8.26. The van der Waals surface area contributed by atoms with Crippen LogP contribution >= 0.6 is 0 Å². The minimum Gasteiger partial charge on any atom is -0.383 e. The Balaban J connectivity index is 2.32. The molecular formula is C22H21N3. The van der Waals surface area contributed by atoms with Crippen molar-refractivity contribution >= 4 is 5.82 Å². The third-order valence-corrected chi connectivity index (χ3v) is 4.51. The standard InChI is InChI=1S/C22H21N3/c1-13-5-7-15(3)17(9-13)19-11-21(25-22(24)20(19)12-23)18-10-14(2)6-8-16(18)4/h5-11H,1-4H3,(H2,24,25). The molecule has 25 heavy (non-hydrogen) atoms. The molecule has 0 atom stereocenters. The molecule has 3 nitrogen and oxygen atoms in total. The van der Waals surface area contributed by atoms with Gasteiger partial charge in [0.25, 0.3) is 0 Å². The van der Waals surface area contributed by atoms with E-state index in [9.17, 15) is 5.26 Å². The van der Waals surface area contributed by atoms with Gasteiger partial charge in [-0.05, 0) is 56.5 Å². The molecule has 0 saturated heterocycles. The molecule has 0 fully saturated rings. The molecule has 0 aliphatic heterocycles. The number of aryl methyl sites for hydroxylation is 4. The van der Waals surface area contributed by atoms with Crippen LogP contribution in [0.4, 0.5) is 5.82 Å². The van der Waals surface area contributed by atoms with E-state index >= 15 is 0 Å². The van der Waals surface area contributed by atoms with Crippen LogP contribution in [0.2, 0.25) is 0 Å². The molecule has 3 rings (SSSR count). The summed E-state index contributed by atoms with van der Waals surface area (Å²) in [6.45, 7) is 8.21. The van der Waals surface area contributed by atoms with Crippen molar-refractivity contribution in [3.8, 4) is 28.5 Å². The molecule has 0 amide bonds. The smallest absolute Gasteiger partial charge is 0.142 e. The summed E-state index contributed by atoms with van der Waals surface area (Å²) in [7, 11) is 0. The van der Waals surface area contributed by atoms with Crippen molar-refractivity contribution in [2.24, 2.45) is 0 Å². The Morgan fingerprint density at radius 1 is 0.800 bits per heavy atom. The summed E-state index contributed by atoms with van der Waals surface area (Å²) in [4.78, 5) is 4.51. The number of anilines is 1. The van der Waals surface area contributed by atoms with E-state index < -0.39 is 0 Å². The quantitative estimate of drug-likeness (QED) is 0.712. The summed E-state index contributed by atoms with van der Waals surface area (Å²) in [6.07, 6.45) is 0. The van der Waals surface area contributed by atoms with Crippen molar-refractivity contribution in [3.63, 3.8) is 0 Å². The molecular weight excluding hydrogens is 306 g/mol. The lowest BCUT2D eigenvalue weighted by Gasteiger charge is -2.14. The van der Waals surface area contributed by atoms with Crippen molar-refractivity contribution < 1.29 is 0 Å². The molecule has 2 N–H and O–H groups in total. The summed E-state index contributed by atoms with van der Waals surface area (Å²) in [5.74, 6) is 0.275. The highest BCUT2D eigenvalue weighted by Crippen LogP contribution is 2.34. The van der Waals surface area contributed by atoms with Crippen molar-refractivity contribution in [1.82, 2.24) is 4.98 Å². The Kier molecular flexibility index (Phi) is 4.29. The minimum atomic E-state index is 0.275. The van der Waals surface area contributed by atoms with Gasteiger partial charge < -0.3 is 5.73 Å². The maximum Gasteiger partial charge on any atom is 0.142 e. The minimum absolute atomic E-state index is 0.275. The van der Waals surface area contributed by atoms with Crippen molar-refractivity contribution in [3.05, 3.63) is 70.3 Å². The van der Waals surface area contributed by atoms with Crippen LogP contribution in [-0.2, 0) is 0 Å². The molecule has 3 aromatic rings. The van der Waals surface area contributed by atoms with Gasteiger partial charge in [-0.2, -0.15) is 5.26 Å². The van der Waals surface area contributed by atoms with Gasteiger partial charge in [-0.25, -0.2) is 4.98 Å². The SMILES string of the molecule is Cc1ccc(C)c(-c2cc(-c3cc(C)ccc3C)c(C#N)c(N)n2)c1. The van der Waals surface area contributed by atoms with Crippen LogP contribution in [0.25, 0.3) is 22.4 Å². The Morgan fingerprint density at radius 3 is 1.96 bits per heavy atom. The van der Waals surface area contributed by atoms with Gasteiger partial charge in [0.2, 0.25) is 0 Å². The van der Waals surface area contributed by atoms with E-state index in [0.717, 1.165) is 39.1 Å². The van der Waals surface area contributed by atoms with Crippen molar-refractivity contribution in [2.45, 2.75) is 27.7 Å². The summed E-state index contributed by atoms with van der Waals surface area (Å²) in [6, 6.07) is 16.7. The molecule has 3 heteroatoms. The van der Waals surface area contributed by atoms with E-state index in [1.54, 1.807) is 0 Å². The predicted molar refractivity (Wildman–Crippen MR) is 103 cm³/mol. The number of hydrogen-bond donors (Lipinski definition) is 1. The second-order valence-electron chi connectivity index (χ2n) is 6.56. The summed E-state index contributed by atoms with van der Waals surface area (Å²) < 4.78 is 0. The highest BCUT2D eigenvalue weighted by atomic mass is 14.8. The van der Waals surface area contributed by atoms with Crippen LogP contribution in [0.3, 0.4) is 0 Å². The first-order chi connectivity index (χ1) is 11.9. The zero-order valence-corrected chi connectivity index (χ0v) is 15.0. The van der Waals surface area contributed by atoms with Crippen LogP contribution in [0.15, 0.2) is 42.5 Å². The highest BCUT2D eigenvalue weighted by Gasteiger charge is 2.16. The van der Waals surface area contributed by atoms with E-state index in [2.05, 4.69) is 61.3 Å². The second-order valence-corrected chi connectivity index (χ2v) is 6.56. The van der Waals surface area contributed by atoms with E-state index in [0.29, 0.717) is 5.56 Å². The zero-order chi connectivity index (χ0) is 18.1. The van der Waals surface area contributed by atoms with Gasteiger partial charge in [0.15, 0.2) is 0 Å². The maximum absolute atomic E-state index is 9.61. The van der Waals surface area contributed by atoms with Crippen LogP contribution < -0.4 is 5.73 Å². The fourth-order valence-corrected chi connectivity index (χ4v) is 3.07. The number of nitriles is 1. The van der Waals surface area contributed by atoms with Crippen molar-refractivity contribution in [1.29, 1.82) is 5.26 Å². The number of benzene rings is 2. The average Bonchev–Trinajstić information content (AvgIpc) is 2.58.